The topological polar surface area (TPSA) is 23.5 Å². The van der Waals surface area contributed by atoms with E-state index in [0.29, 0.717) is 17.9 Å². The summed E-state index contributed by atoms with van der Waals surface area (Å²) in [6.45, 7) is 8.01. The van der Waals surface area contributed by atoms with Crippen molar-refractivity contribution < 1.29 is 5.11 Å². The number of hydrogen-bond donors (Lipinski definition) is 1. The van der Waals surface area contributed by atoms with E-state index in [4.69, 9.17) is 0 Å². The van der Waals surface area contributed by atoms with E-state index in [1.54, 1.807) is 0 Å². The van der Waals surface area contributed by atoms with Gasteiger partial charge >= 0.3 is 0 Å². The van der Waals surface area contributed by atoms with Gasteiger partial charge in [0, 0.05) is 12.6 Å². The van der Waals surface area contributed by atoms with Gasteiger partial charge in [0.25, 0.3) is 0 Å². The first kappa shape index (κ1) is 16.2. The van der Waals surface area contributed by atoms with Crippen LogP contribution in [0, 0.1) is 5.92 Å². The zero-order valence-corrected chi connectivity index (χ0v) is 14.3. The standard InChI is InChI=1S/C21H27NO/c1-15(2)20-13-22(16(3)18-11-7-8-12-19(18)20)21(14-23)17-9-5-4-6-10-17/h4-12,15-16,20-21,23H,13-14H2,1-3H3/t16-,20+,21-/m0/s1. The van der Waals surface area contributed by atoms with E-state index in [1.165, 1.54) is 16.7 Å². The predicted octanol–water partition coefficient (Wildman–Crippen LogP) is 4.54. The molecule has 23 heavy (non-hydrogen) atoms. The molecule has 0 aromatic heterocycles. The highest BCUT2D eigenvalue weighted by atomic mass is 16.3. The largest absolute Gasteiger partial charge is 0.394 e. The summed E-state index contributed by atoms with van der Waals surface area (Å²) in [7, 11) is 0. The lowest BCUT2D eigenvalue weighted by Crippen LogP contribution is -2.41. The van der Waals surface area contributed by atoms with Crippen LogP contribution in [-0.2, 0) is 0 Å². The average molecular weight is 309 g/mol. The maximum Gasteiger partial charge on any atom is 0.0628 e. The van der Waals surface area contributed by atoms with Crippen molar-refractivity contribution in [3.63, 3.8) is 0 Å². The quantitative estimate of drug-likeness (QED) is 0.896. The molecule has 2 heteroatoms. The smallest absolute Gasteiger partial charge is 0.0628 e. The third kappa shape index (κ3) is 3.06. The zero-order chi connectivity index (χ0) is 16.4. The van der Waals surface area contributed by atoms with Crippen molar-refractivity contribution in [1.29, 1.82) is 0 Å². The maximum absolute atomic E-state index is 10.1. The molecule has 0 radical (unpaired) electrons. The lowest BCUT2D eigenvalue weighted by atomic mass is 9.79. The highest BCUT2D eigenvalue weighted by Crippen LogP contribution is 2.42. The predicted molar refractivity (Wildman–Crippen MR) is 95.4 cm³/mol. The Balaban J connectivity index is 2.00. The van der Waals surface area contributed by atoms with E-state index in [1.807, 2.05) is 6.07 Å². The molecule has 0 bridgehead atoms. The van der Waals surface area contributed by atoms with E-state index < -0.39 is 0 Å². The summed E-state index contributed by atoms with van der Waals surface area (Å²) in [6.07, 6.45) is 0. The van der Waals surface area contributed by atoms with Gasteiger partial charge in [-0.1, -0.05) is 68.4 Å². The Labute approximate surface area is 139 Å². The highest BCUT2D eigenvalue weighted by Gasteiger charge is 2.35. The van der Waals surface area contributed by atoms with Gasteiger partial charge < -0.3 is 5.11 Å². The molecule has 0 aliphatic carbocycles. The second kappa shape index (κ2) is 6.86. The van der Waals surface area contributed by atoms with Gasteiger partial charge in [0.15, 0.2) is 0 Å². The monoisotopic (exact) mass is 309 g/mol. The van der Waals surface area contributed by atoms with E-state index >= 15 is 0 Å². The van der Waals surface area contributed by atoms with Crippen molar-refractivity contribution in [2.24, 2.45) is 5.92 Å². The molecule has 2 aromatic carbocycles. The maximum atomic E-state index is 10.1. The van der Waals surface area contributed by atoms with E-state index in [9.17, 15) is 5.11 Å². The van der Waals surface area contributed by atoms with Gasteiger partial charge in [-0.2, -0.15) is 0 Å². The van der Waals surface area contributed by atoms with Crippen LogP contribution >= 0.6 is 0 Å². The van der Waals surface area contributed by atoms with Crippen molar-refractivity contribution in [1.82, 2.24) is 4.90 Å². The molecule has 0 saturated carbocycles. The van der Waals surface area contributed by atoms with Crippen molar-refractivity contribution in [2.75, 3.05) is 13.2 Å². The summed E-state index contributed by atoms with van der Waals surface area (Å²) in [6, 6.07) is 19.6. The first-order valence-corrected chi connectivity index (χ1v) is 8.63. The molecule has 1 aliphatic rings. The number of fused-ring (bicyclic) bond motifs is 1. The Bertz CT molecular complexity index is 637. The van der Waals surface area contributed by atoms with Gasteiger partial charge in [-0.05, 0) is 35.4 Å². The second-order valence-electron chi connectivity index (χ2n) is 6.96. The zero-order valence-electron chi connectivity index (χ0n) is 14.3. The summed E-state index contributed by atoms with van der Waals surface area (Å²) in [5.74, 6) is 1.10. The second-order valence-corrected chi connectivity index (χ2v) is 6.96. The van der Waals surface area contributed by atoms with Gasteiger partial charge in [-0.15, -0.1) is 0 Å². The van der Waals surface area contributed by atoms with Crippen molar-refractivity contribution in [2.45, 2.75) is 38.8 Å². The fourth-order valence-electron chi connectivity index (χ4n) is 3.94. The Hall–Kier alpha value is -1.64. The number of hydrogen-bond acceptors (Lipinski definition) is 2. The molecule has 2 aromatic rings. The van der Waals surface area contributed by atoms with Crippen LogP contribution in [0.2, 0.25) is 0 Å². The van der Waals surface area contributed by atoms with Crippen LogP contribution in [0.1, 0.15) is 55.5 Å². The van der Waals surface area contributed by atoms with Gasteiger partial charge in [0.2, 0.25) is 0 Å². The Morgan fingerprint density at radius 2 is 1.61 bits per heavy atom. The van der Waals surface area contributed by atoms with Crippen LogP contribution in [0.4, 0.5) is 0 Å². The molecule has 3 rings (SSSR count). The van der Waals surface area contributed by atoms with Crippen LogP contribution < -0.4 is 0 Å². The van der Waals surface area contributed by atoms with Crippen LogP contribution in [0.25, 0.3) is 0 Å². The van der Waals surface area contributed by atoms with Crippen molar-refractivity contribution in [3.05, 3.63) is 71.3 Å². The van der Waals surface area contributed by atoms with Crippen LogP contribution in [0.3, 0.4) is 0 Å². The third-order valence-corrected chi connectivity index (χ3v) is 5.31. The normalized spacial score (nSPS) is 22.8. The Morgan fingerprint density at radius 3 is 2.22 bits per heavy atom. The highest BCUT2D eigenvalue weighted by molar-refractivity contribution is 5.36. The molecule has 1 heterocycles. The minimum atomic E-state index is 0.0563. The SMILES string of the molecule is CC(C)[C@H]1CN([C@@H](CO)c2ccccc2)[C@@H](C)c2ccccc21. The average Bonchev–Trinajstić information content (AvgIpc) is 2.58. The summed E-state index contributed by atoms with van der Waals surface area (Å²) < 4.78 is 0. The number of nitrogens with zero attached hydrogens (tertiary/aromatic N) is 1. The van der Waals surface area contributed by atoms with Crippen molar-refractivity contribution in [3.8, 4) is 0 Å². The molecule has 0 unspecified atom stereocenters. The number of rotatable bonds is 4. The summed E-state index contributed by atoms with van der Waals surface area (Å²) in [5.41, 5.74) is 4.09. The number of benzene rings is 2. The van der Waals surface area contributed by atoms with E-state index in [2.05, 4.69) is 74.2 Å². The van der Waals surface area contributed by atoms with E-state index in [0.717, 1.165) is 6.54 Å². The van der Waals surface area contributed by atoms with Crippen LogP contribution in [0.5, 0.6) is 0 Å². The van der Waals surface area contributed by atoms with Crippen LogP contribution in [-0.4, -0.2) is 23.2 Å². The fraction of sp³-hybridized carbons (Fsp3) is 0.429. The van der Waals surface area contributed by atoms with Gasteiger partial charge in [0.05, 0.1) is 12.6 Å². The molecule has 1 N–H and O–H groups in total. The molecule has 0 fully saturated rings. The first-order chi connectivity index (χ1) is 11.1. The Kier molecular flexibility index (Phi) is 4.84. The van der Waals surface area contributed by atoms with Crippen molar-refractivity contribution >= 4 is 0 Å². The van der Waals surface area contributed by atoms with E-state index in [-0.39, 0.29) is 12.6 Å². The molecule has 0 amide bonds. The molecule has 3 atom stereocenters. The Morgan fingerprint density at radius 1 is 1.00 bits per heavy atom. The molecular weight excluding hydrogens is 282 g/mol. The van der Waals surface area contributed by atoms with Gasteiger partial charge in [-0.3, -0.25) is 4.90 Å². The fourth-order valence-corrected chi connectivity index (χ4v) is 3.94. The van der Waals surface area contributed by atoms with Gasteiger partial charge in [0.1, 0.15) is 0 Å². The first-order valence-electron chi connectivity index (χ1n) is 8.63. The van der Waals surface area contributed by atoms with Crippen LogP contribution in [0.15, 0.2) is 54.6 Å². The lowest BCUT2D eigenvalue weighted by molar-refractivity contribution is 0.0661. The minimum absolute atomic E-state index is 0.0563. The lowest BCUT2D eigenvalue weighted by Gasteiger charge is -2.45. The number of aliphatic hydroxyl groups excluding tert-OH is 1. The minimum Gasteiger partial charge on any atom is -0.394 e. The molecule has 0 spiro atoms. The third-order valence-electron chi connectivity index (χ3n) is 5.31. The summed E-state index contributed by atoms with van der Waals surface area (Å²) in [4.78, 5) is 2.47. The summed E-state index contributed by atoms with van der Waals surface area (Å²) in [5, 5.41) is 10.1. The molecule has 2 nitrogen and oxygen atoms in total. The molecule has 0 saturated heterocycles. The van der Waals surface area contributed by atoms with Gasteiger partial charge in [-0.25, -0.2) is 0 Å². The molecular formula is C21H27NO. The summed E-state index contributed by atoms with van der Waals surface area (Å²) >= 11 is 0. The molecule has 1 aliphatic heterocycles. The molecule has 122 valence electrons. The number of aliphatic hydroxyl groups is 1.